The van der Waals surface area contributed by atoms with E-state index in [0.717, 1.165) is 4.88 Å². The zero-order chi connectivity index (χ0) is 20.8. The van der Waals surface area contributed by atoms with Crippen LogP contribution in [0.4, 0.5) is 5.69 Å². The lowest BCUT2D eigenvalue weighted by molar-refractivity contribution is 0.103. The van der Waals surface area contributed by atoms with E-state index in [4.69, 9.17) is 21.1 Å². The van der Waals surface area contributed by atoms with Crippen molar-refractivity contribution < 1.29 is 22.7 Å². The van der Waals surface area contributed by atoms with Crippen LogP contribution in [0, 0.1) is 0 Å². The summed E-state index contributed by atoms with van der Waals surface area (Å²) < 4.78 is 35.7. The Labute approximate surface area is 177 Å². The molecular formula is C20H16ClNO5S2. The van der Waals surface area contributed by atoms with E-state index in [1.54, 1.807) is 43.5 Å². The molecule has 1 aliphatic heterocycles. The Morgan fingerprint density at radius 3 is 2.62 bits per heavy atom. The number of halogens is 1. The van der Waals surface area contributed by atoms with E-state index < -0.39 is 9.84 Å². The summed E-state index contributed by atoms with van der Waals surface area (Å²) in [5.41, 5.74) is 1.67. The second-order valence-corrected chi connectivity index (χ2v) is 9.83. The number of fused-ring (bicyclic) bond motifs is 3. The first-order valence-electron chi connectivity index (χ1n) is 8.51. The average Bonchev–Trinajstić information content (AvgIpc) is 3.11. The molecule has 0 unspecified atom stereocenters. The van der Waals surface area contributed by atoms with Gasteiger partial charge in [0.1, 0.15) is 11.5 Å². The van der Waals surface area contributed by atoms with Crippen LogP contribution in [0.2, 0.25) is 5.02 Å². The van der Waals surface area contributed by atoms with Gasteiger partial charge < -0.3 is 14.8 Å². The summed E-state index contributed by atoms with van der Waals surface area (Å²) in [6.45, 7) is 0. The van der Waals surface area contributed by atoms with Gasteiger partial charge in [0.25, 0.3) is 5.91 Å². The number of methoxy groups -OCH3 is 2. The molecule has 2 aromatic carbocycles. The minimum absolute atomic E-state index is 0.161. The van der Waals surface area contributed by atoms with E-state index in [9.17, 15) is 13.2 Å². The first-order chi connectivity index (χ1) is 13.8. The summed E-state index contributed by atoms with van der Waals surface area (Å²) in [7, 11) is -0.466. The van der Waals surface area contributed by atoms with Gasteiger partial charge in [0.15, 0.2) is 9.84 Å². The summed E-state index contributed by atoms with van der Waals surface area (Å²) in [5, 5.41) is 3.17. The number of carbonyl (C=O) groups excluding carboxylic acids is 1. The molecule has 150 valence electrons. The predicted octanol–water partition coefficient (Wildman–Crippen LogP) is 4.63. The fourth-order valence-corrected chi connectivity index (χ4v) is 6.30. The fourth-order valence-electron chi connectivity index (χ4n) is 3.19. The predicted molar refractivity (Wildman–Crippen MR) is 113 cm³/mol. The summed E-state index contributed by atoms with van der Waals surface area (Å²) in [6.07, 6.45) is 0. The van der Waals surface area contributed by atoms with Crippen molar-refractivity contribution in [3.05, 3.63) is 57.9 Å². The maximum atomic E-state index is 12.8. The highest BCUT2D eigenvalue weighted by molar-refractivity contribution is 7.91. The third-order valence-corrected chi connectivity index (χ3v) is 7.70. The highest BCUT2D eigenvalue weighted by Crippen LogP contribution is 2.44. The van der Waals surface area contributed by atoms with Gasteiger partial charge >= 0.3 is 0 Å². The lowest BCUT2D eigenvalue weighted by atomic mass is 10.1. The Bertz CT molecular complexity index is 1230. The average molecular weight is 450 g/mol. The molecule has 1 aromatic heterocycles. The van der Waals surface area contributed by atoms with Crippen molar-refractivity contribution in [2.24, 2.45) is 0 Å². The van der Waals surface area contributed by atoms with Crippen molar-refractivity contribution in [1.82, 2.24) is 0 Å². The zero-order valence-corrected chi connectivity index (χ0v) is 17.9. The fraction of sp³-hybridized carbons (Fsp3) is 0.150. The van der Waals surface area contributed by atoms with Gasteiger partial charge in [-0.25, -0.2) is 8.42 Å². The maximum absolute atomic E-state index is 12.8. The van der Waals surface area contributed by atoms with E-state index in [0.29, 0.717) is 38.2 Å². The number of hydrogen-bond donors (Lipinski definition) is 1. The number of benzene rings is 2. The molecule has 1 amide bonds. The van der Waals surface area contributed by atoms with Gasteiger partial charge in [0.05, 0.1) is 35.4 Å². The van der Waals surface area contributed by atoms with Crippen LogP contribution in [0.1, 0.15) is 15.2 Å². The monoisotopic (exact) mass is 449 g/mol. The largest absolute Gasteiger partial charge is 0.497 e. The quantitative estimate of drug-likeness (QED) is 0.628. The van der Waals surface area contributed by atoms with E-state index in [-0.39, 0.29) is 16.6 Å². The van der Waals surface area contributed by atoms with Crippen molar-refractivity contribution in [3.8, 4) is 21.9 Å². The van der Waals surface area contributed by atoms with Gasteiger partial charge in [0, 0.05) is 21.5 Å². The number of hydrogen-bond acceptors (Lipinski definition) is 6. The third-order valence-electron chi connectivity index (χ3n) is 4.56. The van der Waals surface area contributed by atoms with Crippen molar-refractivity contribution in [1.29, 1.82) is 0 Å². The molecule has 1 N–H and O–H groups in total. The van der Waals surface area contributed by atoms with Crippen molar-refractivity contribution in [2.75, 3.05) is 19.5 Å². The van der Waals surface area contributed by atoms with Gasteiger partial charge in [0.2, 0.25) is 0 Å². The number of nitrogens with one attached hydrogen (secondary N) is 1. The molecule has 3 aromatic rings. The molecule has 2 heterocycles. The zero-order valence-electron chi connectivity index (χ0n) is 15.5. The molecule has 4 rings (SSSR count). The number of sulfone groups is 1. The topological polar surface area (TPSA) is 81.7 Å². The molecule has 0 saturated carbocycles. The summed E-state index contributed by atoms with van der Waals surface area (Å²) in [4.78, 5) is 14.2. The van der Waals surface area contributed by atoms with Gasteiger partial charge in [-0.15, -0.1) is 11.3 Å². The molecule has 0 atom stereocenters. The van der Waals surface area contributed by atoms with Crippen molar-refractivity contribution >= 4 is 44.4 Å². The van der Waals surface area contributed by atoms with Crippen LogP contribution in [0.25, 0.3) is 10.4 Å². The Kier molecular flexibility index (Phi) is 5.02. The SMILES string of the molecule is COc1ccc(NC(=O)c2cc3c(s2)-c2ccc(Cl)cc2S(=O)(=O)C3)c(OC)c1. The van der Waals surface area contributed by atoms with Crippen LogP contribution in [-0.4, -0.2) is 28.5 Å². The normalized spacial score (nSPS) is 13.9. The lowest BCUT2D eigenvalue weighted by Crippen LogP contribution is -2.12. The molecule has 29 heavy (non-hydrogen) atoms. The van der Waals surface area contributed by atoms with Gasteiger partial charge in [-0.05, 0) is 35.9 Å². The molecular weight excluding hydrogens is 434 g/mol. The van der Waals surface area contributed by atoms with Crippen LogP contribution in [0.5, 0.6) is 11.5 Å². The highest BCUT2D eigenvalue weighted by atomic mass is 35.5. The Morgan fingerprint density at radius 1 is 1.10 bits per heavy atom. The van der Waals surface area contributed by atoms with Crippen LogP contribution >= 0.6 is 22.9 Å². The number of ether oxygens (including phenoxy) is 2. The number of carbonyl (C=O) groups is 1. The van der Waals surface area contributed by atoms with Crippen LogP contribution in [0.3, 0.4) is 0 Å². The number of anilines is 1. The number of amides is 1. The number of thiophene rings is 1. The minimum Gasteiger partial charge on any atom is -0.497 e. The smallest absolute Gasteiger partial charge is 0.265 e. The van der Waals surface area contributed by atoms with Gasteiger partial charge in [-0.3, -0.25) is 4.79 Å². The first-order valence-corrected chi connectivity index (χ1v) is 11.4. The molecule has 0 bridgehead atoms. The minimum atomic E-state index is -3.51. The Hall–Kier alpha value is -2.55. The molecule has 0 spiro atoms. The first kappa shape index (κ1) is 19.8. The molecule has 0 radical (unpaired) electrons. The molecule has 1 aliphatic rings. The summed E-state index contributed by atoms with van der Waals surface area (Å²) in [6, 6.07) is 11.5. The van der Waals surface area contributed by atoms with Crippen molar-refractivity contribution in [2.45, 2.75) is 10.6 Å². The molecule has 0 saturated heterocycles. The third kappa shape index (κ3) is 3.59. The molecule has 0 fully saturated rings. The highest BCUT2D eigenvalue weighted by Gasteiger charge is 2.31. The molecule has 6 nitrogen and oxygen atoms in total. The summed E-state index contributed by atoms with van der Waals surface area (Å²) >= 11 is 7.23. The lowest BCUT2D eigenvalue weighted by Gasteiger charge is -2.16. The van der Waals surface area contributed by atoms with Gasteiger partial charge in [-0.1, -0.05) is 17.7 Å². The van der Waals surface area contributed by atoms with Crippen LogP contribution in [-0.2, 0) is 15.6 Å². The summed E-state index contributed by atoms with van der Waals surface area (Å²) in [5.74, 6) is 0.556. The second-order valence-electron chi connectivity index (χ2n) is 6.38. The van der Waals surface area contributed by atoms with E-state index in [2.05, 4.69) is 5.32 Å². The van der Waals surface area contributed by atoms with Gasteiger partial charge in [-0.2, -0.15) is 0 Å². The molecule has 9 heteroatoms. The van der Waals surface area contributed by atoms with Crippen LogP contribution < -0.4 is 14.8 Å². The van der Waals surface area contributed by atoms with Crippen LogP contribution in [0.15, 0.2) is 47.4 Å². The van der Waals surface area contributed by atoms with E-state index >= 15 is 0 Å². The molecule has 0 aliphatic carbocycles. The maximum Gasteiger partial charge on any atom is 0.265 e. The second kappa shape index (κ2) is 7.37. The Balaban J connectivity index is 1.70. The van der Waals surface area contributed by atoms with Crippen molar-refractivity contribution in [3.63, 3.8) is 0 Å². The van der Waals surface area contributed by atoms with E-state index in [1.165, 1.54) is 24.5 Å². The standard InChI is InChI=1S/C20H16ClNO5S2/c1-26-13-4-6-15(16(9-13)27-2)22-20(23)17-7-11-10-29(24,25)18-8-12(21)3-5-14(18)19(11)28-17/h3-9H,10H2,1-2H3,(H,22,23). The Morgan fingerprint density at radius 2 is 1.90 bits per heavy atom. The van der Waals surface area contributed by atoms with E-state index in [1.807, 2.05) is 0 Å². The number of rotatable bonds is 4.